The van der Waals surface area contributed by atoms with Crippen LogP contribution < -0.4 is 5.32 Å². The Morgan fingerprint density at radius 2 is 1.75 bits per heavy atom. The molecule has 0 saturated heterocycles. The van der Waals surface area contributed by atoms with Crippen molar-refractivity contribution in [3.8, 4) is 0 Å². The molecule has 1 aliphatic rings. The molecule has 0 aromatic heterocycles. The third-order valence-corrected chi connectivity index (χ3v) is 5.08. The lowest BCUT2D eigenvalue weighted by Gasteiger charge is -2.37. The summed E-state index contributed by atoms with van der Waals surface area (Å²) in [5.74, 6) is 0.689. The molecule has 0 heterocycles. The van der Waals surface area contributed by atoms with Crippen molar-refractivity contribution in [1.82, 2.24) is 0 Å². The fourth-order valence-corrected chi connectivity index (χ4v) is 3.47. The van der Waals surface area contributed by atoms with Crippen LogP contribution in [0.3, 0.4) is 0 Å². The van der Waals surface area contributed by atoms with Gasteiger partial charge in [0.25, 0.3) is 0 Å². The van der Waals surface area contributed by atoms with Gasteiger partial charge in [-0.15, -0.1) is 0 Å². The first kappa shape index (κ1) is 13.7. The van der Waals surface area contributed by atoms with Crippen LogP contribution in [-0.2, 0) is 0 Å². The molecule has 0 radical (unpaired) electrons. The molecule has 1 fully saturated rings. The summed E-state index contributed by atoms with van der Waals surface area (Å²) in [5, 5.41) is 3.65. The Hall–Kier alpha value is -1.28. The lowest BCUT2D eigenvalue weighted by atomic mass is 9.76. The van der Waals surface area contributed by atoms with Crippen molar-refractivity contribution in [3.05, 3.63) is 63.6 Å². The second-order valence-corrected chi connectivity index (χ2v) is 6.68. The standard InChI is InChI=1S/C18H20BrN/c1-12-7-8-15(9-13(12)2)20-16-10-14(11-16)17-5-3-4-6-18(17)19/h3-9,14,16,20H,10-11H2,1-2H3. The summed E-state index contributed by atoms with van der Waals surface area (Å²) in [6.07, 6.45) is 2.44. The van der Waals surface area contributed by atoms with Gasteiger partial charge in [-0.1, -0.05) is 40.2 Å². The van der Waals surface area contributed by atoms with E-state index in [4.69, 9.17) is 0 Å². The Balaban J connectivity index is 1.61. The molecule has 2 aromatic rings. The van der Waals surface area contributed by atoms with Gasteiger partial charge in [0.05, 0.1) is 0 Å². The van der Waals surface area contributed by atoms with Crippen molar-refractivity contribution >= 4 is 21.6 Å². The Bertz CT molecular complexity index is 615. The molecule has 0 amide bonds. The van der Waals surface area contributed by atoms with Crippen molar-refractivity contribution in [2.45, 2.75) is 38.6 Å². The van der Waals surface area contributed by atoms with E-state index >= 15 is 0 Å². The second-order valence-electron chi connectivity index (χ2n) is 5.83. The summed E-state index contributed by atoms with van der Waals surface area (Å²) in [7, 11) is 0. The maximum absolute atomic E-state index is 3.66. The molecule has 20 heavy (non-hydrogen) atoms. The van der Waals surface area contributed by atoms with Crippen molar-refractivity contribution in [1.29, 1.82) is 0 Å². The van der Waals surface area contributed by atoms with Crippen LogP contribution in [0.5, 0.6) is 0 Å². The molecule has 0 atom stereocenters. The molecule has 0 aliphatic heterocycles. The Morgan fingerprint density at radius 1 is 1.00 bits per heavy atom. The topological polar surface area (TPSA) is 12.0 Å². The Morgan fingerprint density at radius 3 is 2.45 bits per heavy atom. The summed E-state index contributed by atoms with van der Waals surface area (Å²) >= 11 is 3.66. The summed E-state index contributed by atoms with van der Waals surface area (Å²) in [4.78, 5) is 0. The summed E-state index contributed by atoms with van der Waals surface area (Å²) in [6, 6.07) is 15.8. The number of aryl methyl sites for hydroxylation is 2. The second kappa shape index (κ2) is 5.61. The van der Waals surface area contributed by atoms with E-state index in [0.29, 0.717) is 12.0 Å². The maximum Gasteiger partial charge on any atom is 0.0345 e. The van der Waals surface area contributed by atoms with E-state index in [1.165, 1.54) is 39.7 Å². The van der Waals surface area contributed by atoms with Crippen molar-refractivity contribution in [3.63, 3.8) is 0 Å². The minimum Gasteiger partial charge on any atom is -0.382 e. The number of hydrogen-bond acceptors (Lipinski definition) is 1. The maximum atomic E-state index is 3.66. The number of benzene rings is 2. The van der Waals surface area contributed by atoms with Gasteiger partial charge >= 0.3 is 0 Å². The first-order valence-corrected chi connectivity index (χ1v) is 8.01. The highest BCUT2D eigenvalue weighted by Gasteiger charge is 2.31. The number of halogens is 1. The smallest absolute Gasteiger partial charge is 0.0345 e. The number of rotatable bonds is 3. The highest BCUT2D eigenvalue weighted by molar-refractivity contribution is 9.10. The molecule has 1 saturated carbocycles. The molecule has 1 aliphatic carbocycles. The van der Waals surface area contributed by atoms with Crippen LogP contribution in [0, 0.1) is 13.8 Å². The first-order chi connectivity index (χ1) is 9.63. The average Bonchev–Trinajstić information content (AvgIpc) is 2.39. The van der Waals surface area contributed by atoms with E-state index in [1.807, 2.05) is 0 Å². The molecule has 104 valence electrons. The summed E-state index contributed by atoms with van der Waals surface area (Å²) < 4.78 is 1.25. The quantitative estimate of drug-likeness (QED) is 0.792. The molecule has 0 unspecified atom stereocenters. The molecule has 2 heteroatoms. The van der Waals surface area contributed by atoms with Crippen molar-refractivity contribution < 1.29 is 0 Å². The van der Waals surface area contributed by atoms with Crippen molar-refractivity contribution in [2.75, 3.05) is 5.32 Å². The van der Waals surface area contributed by atoms with Gasteiger partial charge in [0.1, 0.15) is 0 Å². The fraction of sp³-hybridized carbons (Fsp3) is 0.333. The van der Waals surface area contributed by atoms with E-state index in [9.17, 15) is 0 Å². The lowest BCUT2D eigenvalue weighted by molar-refractivity contribution is 0.373. The molecule has 0 bridgehead atoms. The zero-order chi connectivity index (χ0) is 14.1. The average molecular weight is 330 g/mol. The predicted octanol–water partition coefficient (Wildman–Crippen LogP) is 5.42. The SMILES string of the molecule is Cc1ccc(NC2CC(c3ccccc3Br)C2)cc1C. The number of anilines is 1. The van der Waals surface area contributed by atoms with Gasteiger partial charge in [0.2, 0.25) is 0 Å². The Kier molecular flexibility index (Phi) is 3.84. The highest BCUT2D eigenvalue weighted by atomic mass is 79.9. The van der Waals surface area contributed by atoms with Gasteiger partial charge in [-0.2, -0.15) is 0 Å². The van der Waals surface area contributed by atoms with Crippen LogP contribution in [-0.4, -0.2) is 6.04 Å². The van der Waals surface area contributed by atoms with Gasteiger partial charge in [-0.3, -0.25) is 0 Å². The lowest BCUT2D eigenvalue weighted by Crippen LogP contribution is -2.34. The van der Waals surface area contributed by atoms with Gasteiger partial charge in [0.15, 0.2) is 0 Å². The minimum absolute atomic E-state index is 0.606. The molecule has 3 rings (SSSR count). The van der Waals surface area contributed by atoms with Crippen LogP contribution in [0.2, 0.25) is 0 Å². The fourth-order valence-electron chi connectivity index (χ4n) is 2.86. The van der Waals surface area contributed by atoms with Crippen LogP contribution >= 0.6 is 15.9 Å². The molecule has 1 N–H and O–H groups in total. The zero-order valence-corrected chi connectivity index (χ0v) is 13.6. The number of nitrogens with one attached hydrogen (secondary N) is 1. The highest BCUT2D eigenvalue weighted by Crippen LogP contribution is 2.41. The third-order valence-electron chi connectivity index (χ3n) is 4.36. The van der Waals surface area contributed by atoms with Gasteiger partial charge in [-0.25, -0.2) is 0 Å². The first-order valence-electron chi connectivity index (χ1n) is 7.21. The Labute approximate surface area is 129 Å². The molecular weight excluding hydrogens is 310 g/mol. The van der Waals surface area contributed by atoms with Crippen LogP contribution in [0.15, 0.2) is 46.9 Å². The van der Waals surface area contributed by atoms with Gasteiger partial charge in [-0.05, 0) is 67.5 Å². The van der Waals surface area contributed by atoms with Crippen molar-refractivity contribution in [2.24, 2.45) is 0 Å². The van der Waals surface area contributed by atoms with Gasteiger partial charge < -0.3 is 5.32 Å². The molecule has 0 spiro atoms. The monoisotopic (exact) mass is 329 g/mol. The molecule has 2 aromatic carbocycles. The normalized spacial score (nSPS) is 21.4. The minimum atomic E-state index is 0.606. The van der Waals surface area contributed by atoms with Crippen LogP contribution in [0.4, 0.5) is 5.69 Å². The summed E-state index contributed by atoms with van der Waals surface area (Å²) in [5.41, 5.74) is 5.42. The van der Waals surface area contributed by atoms with Crippen LogP contribution in [0.1, 0.15) is 35.4 Å². The van der Waals surface area contributed by atoms with E-state index in [1.54, 1.807) is 0 Å². The predicted molar refractivity (Wildman–Crippen MR) is 89.4 cm³/mol. The van der Waals surface area contributed by atoms with Crippen LogP contribution in [0.25, 0.3) is 0 Å². The van der Waals surface area contributed by atoms with E-state index in [0.717, 1.165) is 0 Å². The van der Waals surface area contributed by atoms with E-state index in [2.05, 4.69) is 77.6 Å². The van der Waals surface area contributed by atoms with Gasteiger partial charge in [0, 0.05) is 16.2 Å². The number of hydrogen-bond donors (Lipinski definition) is 1. The largest absolute Gasteiger partial charge is 0.382 e. The molecule has 1 nitrogen and oxygen atoms in total. The van der Waals surface area contributed by atoms with E-state index < -0.39 is 0 Å². The third kappa shape index (κ3) is 2.76. The molecular formula is C18H20BrN. The zero-order valence-electron chi connectivity index (χ0n) is 12.0. The van der Waals surface area contributed by atoms with E-state index in [-0.39, 0.29) is 0 Å². The summed E-state index contributed by atoms with van der Waals surface area (Å²) in [6.45, 7) is 4.33.